The van der Waals surface area contributed by atoms with Gasteiger partial charge in [-0.25, -0.2) is 4.79 Å². The Hall–Kier alpha value is -2.50. The highest BCUT2D eigenvalue weighted by Gasteiger charge is 2.19. The molecule has 3 rings (SSSR count). The third-order valence-corrected chi connectivity index (χ3v) is 4.39. The van der Waals surface area contributed by atoms with E-state index in [1.807, 2.05) is 24.3 Å². The summed E-state index contributed by atoms with van der Waals surface area (Å²) in [5.74, 6) is 0. The third-order valence-electron chi connectivity index (χ3n) is 4.14. The molecule has 0 aliphatic heterocycles. The van der Waals surface area contributed by atoms with Crippen LogP contribution >= 0.6 is 11.6 Å². The number of halogens is 1. The zero-order valence-corrected chi connectivity index (χ0v) is 14.5. The first-order valence-electron chi connectivity index (χ1n) is 7.95. The van der Waals surface area contributed by atoms with Crippen molar-refractivity contribution in [2.45, 2.75) is 12.5 Å². The van der Waals surface area contributed by atoms with Gasteiger partial charge in [-0.2, -0.15) is 0 Å². The highest BCUT2D eigenvalue weighted by Crippen LogP contribution is 2.31. The average molecular weight is 359 g/mol. The number of carbonyl (C=O) groups excluding carboxylic acids is 1. The number of aromatic amines is 1. The summed E-state index contributed by atoms with van der Waals surface area (Å²) in [5, 5.41) is 15.2. The predicted octanol–water partition coefficient (Wildman–Crippen LogP) is 3.80. The number of ether oxygens (including phenoxy) is 1. The smallest absolute Gasteiger partial charge is 0.406 e. The second-order valence-corrected chi connectivity index (χ2v) is 6.12. The number of aliphatic hydroxyl groups excluding tert-OH is 1. The van der Waals surface area contributed by atoms with Gasteiger partial charge in [-0.1, -0.05) is 41.9 Å². The first-order valence-corrected chi connectivity index (χ1v) is 8.32. The lowest BCUT2D eigenvalue weighted by Crippen LogP contribution is -2.25. The molecule has 1 unspecified atom stereocenters. The van der Waals surface area contributed by atoms with Gasteiger partial charge in [-0.05, 0) is 35.7 Å². The molecule has 0 fully saturated rings. The summed E-state index contributed by atoms with van der Waals surface area (Å²) in [6, 6.07) is 15.0. The van der Waals surface area contributed by atoms with E-state index in [1.54, 1.807) is 24.3 Å². The van der Waals surface area contributed by atoms with Crippen LogP contribution in [0.25, 0.3) is 10.9 Å². The van der Waals surface area contributed by atoms with Crippen LogP contribution in [-0.2, 0) is 11.2 Å². The minimum Gasteiger partial charge on any atom is -0.453 e. The van der Waals surface area contributed by atoms with Crippen molar-refractivity contribution in [2.75, 3.05) is 13.7 Å². The van der Waals surface area contributed by atoms with Gasteiger partial charge in [-0.3, -0.25) is 0 Å². The topological polar surface area (TPSA) is 74.3 Å². The second kappa shape index (κ2) is 7.59. The van der Waals surface area contributed by atoms with Crippen molar-refractivity contribution in [3.05, 3.63) is 70.4 Å². The Balaban J connectivity index is 1.94. The molecule has 3 N–H and O–H groups in total. The van der Waals surface area contributed by atoms with Gasteiger partial charge in [0.2, 0.25) is 0 Å². The molecular weight excluding hydrogens is 340 g/mol. The summed E-state index contributed by atoms with van der Waals surface area (Å²) in [5.41, 5.74) is 3.38. The lowest BCUT2D eigenvalue weighted by molar-refractivity contribution is 0.171. The lowest BCUT2D eigenvalue weighted by Gasteiger charge is -2.13. The number of fused-ring (bicyclic) bond motifs is 1. The Morgan fingerprint density at radius 2 is 1.96 bits per heavy atom. The van der Waals surface area contributed by atoms with Gasteiger partial charge in [0.15, 0.2) is 0 Å². The van der Waals surface area contributed by atoms with Crippen molar-refractivity contribution in [1.82, 2.24) is 10.3 Å². The lowest BCUT2D eigenvalue weighted by atomic mass is 10.00. The molecule has 2 aromatic carbocycles. The van der Waals surface area contributed by atoms with Gasteiger partial charge >= 0.3 is 6.09 Å². The van der Waals surface area contributed by atoms with Gasteiger partial charge in [0.1, 0.15) is 6.10 Å². The summed E-state index contributed by atoms with van der Waals surface area (Å²) in [7, 11) is 1.33. The largest absolute Gasteiger partial charge is 0.453 e. The fourth-order valence-corrected chi connectivity index (χ4v) is 3.02. The SMILES string of the molecule is COC(=O)NCCc1c(C(O)c2ccc(Cl)cc2)[nH]c2ccccc12. The number of hydrogen-bond donors (Lipinski definition) is 3. The van der Waals surface area contributed by atoms with E-state index in [-0.39, 0.29) is 0 Å². The minimum absolute atomic E-state index is 0.412. The molecule has 130 valence electrons. The van der Waals surface area contributed by atoms with Gasteiger partial charge in [0, 0.05) is 22.5 Å². The Labute approximate surface area is 150 Å². The van der Waals surface area contributed by atoms with Crippen LogP contribution in [0, 0.1) is 0 Å². The van der Waals surface area contributed by atoms with E-state index in [1.165, 1.54) is 7.11 Å². The molecule has 1 aromatic heterocycles. The molecule has 1 amide bonds. The van der Waals surface area contributed by atoms with E-state index in [9.17, 15) is 9.90 Å². The summed E-state index contributed by atoms with van der Waals surface area (Å²) < 4.78 is 4.60. The van der Waals surface area contributed by atoms with Crippen LogP contribution < -0.4 is 5.32 Å². The number of methoxy groups -OCH3 is 1. The van der Waals surface area contributed by atoms with Crippen LogP contribution in [-0.4, -0.2) is 29.8 Å². The number of H-pyrrole nitrogens is 1. The number of nitrogens with one attached hydrogen (secondary N) is 2. The first-order chi connectivity index (χ1) is 12.1. The fraction of sp³-hybridized carbons (Fsp3) is 0.211. The van der Waals surface area contributed by atoms with Crippen LogP contribution in [0.3, 0.4) is 0 Å². The Kier molecular flexibility index (Phi) is 5.26. The van der Waals surface area contributed by atoms with Crippen molar-refractivity contribution in [1.29, 1.82) is 0 Å². The molecule has 3 aromatic rings. The van der Waals surface area contributed by atoms with Crippen molar-refractivity contribution in [3.63, 3.8) is 0 Å². The quantitative estimate of drug-likeness (QED) is 0.649. The number of carbonyl (C=O) groups is 1. The molecule has 0 spiro atoms. The van der Waals surface area contributed by atoms with E-state index >= 15 is 0 Å². The monoisotopic (exact) mass is 358 g/mol. The molecule has 25 heavy (non-hydrogen) atoms. The predicted molar refractivity (Wildman–Crippen MR) is 97.9 cm³/mol. The van der Waals surface area contributed by atoms with Crippen molar-refractivity contribution < 1.29 is 14.6 Å². The molecule has 0 saturated heterocycles. The number of rotatable bonds is 5. The Bertz CT molecular complexity index is 874. The van der Waals surface area contributed by atoms with Crippen molar-refractivity contribution >= 4 is 28.6 Å². The first kappa shape index (κ1) is 17.3. The number of benzene rings is 2. The molecule has 0 bridgehead atoms. The van der Waals surface area contributed by atoms with E-state index in [0.29, 0.717) is 18.0 Å². The van der Waals surface area contributed by atoms with E-state index in [2.05, 4.69) is 15.0 Å². The Morgan fingerprint density at radius 1 is 1.24 bits per heavy atom. The van der Waals surface area contributed by atoms with Gasteiger partial charge in [0.05, 0.1) is 12.8 Å². The summed E-state index contributed by atoms with van der Waals surface area (Å²) >= 11 is 5.93. The van der Waals surface area contributed by atoms with E-state index in [4.69, 9.17) is 11.6 Å². The fourth-order valence-electron chi connectivity index (χ4n) is 2.90. The standard InChI is InChI=1S/C19H19ClN2O3/c1-25-19(24)21-11-10-15-14-4-2-3-5-16(14)22-17(15)18(23)12-6-8-13(20)9-7-12/h2-9,18,22-23H,10-11H2,1H3,(H,21,24). The molecule has 0 saturated carbocycles. The Morgan fingerprint density at radius 3 is 2.68 bits per heavy atom. The maximum absolute atomic E-state index is 11.3. The van der Waals surface area contributed by atoms with Crippen LogP contribution in [0.1, 0.15) is 22.9 Å². The van der Waals surface area contributed by atoms with Crippen LogP contribution in [0.2, 0.25) is 5.02 Å². The molecule has 1 atom stereocenters. The zero-order chi connectivity index (χ0) is 17.8. The van der Waals surface area contributed by atoms with Gasteiger partial charge in [0.25, 0.3) is 0 Å². The van der Waals surface area contributed by atoms with Gasteiger partial charge < -0.3 is 20.1 Å². The van der Waals surface area contributed by atoms with Gasteiger partial charge in [-0.15, -0.1) is 0 Å². The summed E-state index contributed by atoms with van der Waals surface area (Å²) in [4.78, 5) is 14.6. The highest BCUT2D eigenvalue weighted by molar-refractivity contribution is 6.30. The summed E-state index contributed by atoms with van der Waals surface area (Å²) in [6.45, 7) is 0.412. The normalized spacial score (nSPS) is 12.1. The maximum Gasteiger partial charge on any atom is 0.406 e. The van der Waals surface area contributed by atoms with Crippen LogP contribution in [0.5, 0.6) is 0 Å². The molecule has 6 heteroatoms. The molecule has 0 radical (unpaired) electrons. The number of aliphatic hydroxyl groups is 1. The van der Waals surface area contributed by atoms with Crippen LogP contribution in [0.15, 0.2) is 48.5 Å². The number of amides is 1. The highest BCUT2D eigenvalue weighted by atomic mass is 35.5. The van der Waals surface area contributed by atoms with Crippen LogP contribution in [0.4, 0.5) is 4.79 Å². The number of aromatic nitrogens is 1. The number of para-hydroxylation sites is 1. The molecular formula is C19H19ClN2O3. The molecule has 0 aliphatic carbocycles. The number of alkyl carbamates (subject to hydrolysis) is 1. The molecule has 5 nitrogen and oxygen atoms in total. The summed E-state index contributed by atoms with van der Waals surface area (Å²) in [6.07, 6.45) is -0.712. The van der Waals surface area contributed by atoms with Crippen molar-refractivity contribution in [2.24, 2.45) is 0 Å². The molecule has 0 aliphatic rings. The maximum atomic E-state index is 11.3. The van der Waals surface area contributed by atoms with E-state index in [0.717, 1.165) is 27.7 Å². The average Bonchev–Trinajstić information content (AvgIpc) is 3.00. The third kappa shape index (κ3) is 3.78. The molecule has 1 heterocycles. The minimum atomic E-state index is -0.808. The number of hydrogen-bond acceptors (Lipinski definition) is 3. The van der Waals surface area contributed by atoms with E-state index < -0.39 is 12.2 Å². The second-order valence-electron chi connectivity index (χ2n) is 5.69. The zero-order valence-electron chi connectivity index (χ0n) is 13.8. The van der Waals surface area contributed by atoms with Crippen molar-refractivity contribution in [3.8, 4) is 0 Å².